The van der Waals surface area contributed by atoms with Gasteiger partial charge in [0.25, 0.3) is 0 Å². The molecule has 0 saturated carbocycles. The minimum absolute atomic E-state index is 0.0489. The fourth-order valence-electron chi connectivity index (χ4n) is 2.20. The maximum atomic E-state index is 6.13. The lowest BCUT2D eigenvalue weighted by atomic mass is 9.90. The summed E-state index contributed by atoms with van der Waals surface area (Å²) in [6, 6.07) is 8.14. The SMILES string of the molecule is CCCNCc1cc(C(C)(C)C)nc2ccc(Cl)cc12. The minimum Gasteiger partial charge on any atom is -0.313 e. The molecule has 20 heavy (non-hydrogen) atoms. The van der Waals surface area contributed by atoms with Gasteiger partial charge >= 0.3 is 0 Å². The van der Waals surface area contributed by atoms with Gasteiger partial charge in [0.05, 0.1) is 5.52 Å². The molecule has 1 N–H and O–H groups in total. The zero-order chi connectivity index (χ0) is 14.8. The van der Waals surface area contributed by atoms with Crippen molar-refractivity contribution >= 4 is 22.5 Å². The first-order valence-electron chi connectivity index (χ1n) is 7.22. The number of nitrogens with one attached hydrogen (secondary N) is 1. The lowest BCUT2D eigenvalue weighted by molar-refractivity contribution is 0.569. The van der Waals surface area contributed by atoms with Crippen molar-refractivity contribution in [3.63, 3.8) is 0 Å². The van der Waals surface area contributed by atoms with Crippen LogP contribution in [0.3, 0.4) is 0 Å². The van der Waals surface area contributed by atoms with Crippen molar-refractivity contribution in [2.75, 3.05) is 6.54 Å². The first kappa shape index (κ1) is 15.3. The van der Waals surface area contributed by atoms with Crippen molar-refractivity contribution in [1.82, 2.24) is 10.3 Å². The molecule has 0 aliphatic heterocycles. The summed E-state index contributed by atoms with van der Waals surface area (Å²) in [5, 5.41) is 5.38. The van der Waals surface area contributed by atoms with Gasteiger partial charge in [-0.3, -0.25) is 4.98 Å². The zero-order valence-electron chi connectivity index (χ0n) is 12.8. The van der Waals surface area contributed by atoms with E-state index in [1.165, 1.54) is 5.56 Å². The Hall–Kier alpha value is -1.12. The Morgan fingerprint density at radius 3 is 2.60 bits per heavy atom. The van der Waals surface area contributed by atoms with E-state index in [4.69, 9.17) is 16.6 Å². The van der Waals surface area contributed by atoms with E-state index in [2.05, 4.69) is 39.1 Å². The van der Waals surface area contributed by atoms with Crippen molar-refractivity contribution in [3.8, 4) is 0 Å². The maximum absolute atomic E-state index is 6.13. The molecule has 0 spiro atoms. The van der Waals surface area contributed by atoms with Crippen LogP contribution in [0.1, 0.15) is 45.4 Å². The van der Waals surface area contributed by atoms with Crippen molar-refractivity contribution < 1.29 is 0 Å². The van der Waals surface area contributed by atoms with E-state index in [-0.39, 0.29) is 5.41 Å². The maximum Gasteiger partial charge on any atom is 0.0709 e. The van der Waals surface area contributed by atoms with Crippen molar-refractivity contribution in [1.29, 1.82) is 0 Å². The second kappa shape index (κ2) is 6.11. The highest BCUT2D eigenvalue weighted by Crippen LogP contribution is 2.27. The van der Waals surface area contributed by atoms with Gasteiger partial charge in [0, 0.05) is 28.1 Å². The van der Waals surface area contributed by atoms with E-state index in [0.717, 1.165) is 41.1 Å². The average molecular weight is 291 g/mol. The lowest BCUT2D eigenvalue weighted by Gasteiger charge is -2.20. The van der Waals surface area contributed by atoms with Crippen LogP contribution in [0.15, 0.2) is 24.3 Å². The van der Waals surface area contributed by atoms with Gasteiger partial charge in [-0.2, -0.15) is 0 Å². The molecule has 3 heteroatoms. The molecule has 0 atom stereocenters. The molecular formula is C17H23ClN2. The smallest absolute Gasteiger partial charge is 0.0709 e. The van der Waals surface area contributed by atoms with Gasteiger partial charge in [0.15, 0.2) is 0 Å². The first-order chi connectivity index (χ1) is 9.41. The molecule has 1 heterocycles. The Balaban J connectivity index is 2.51. The number of hydrogen-bond acceptors (Lipinski definition) is 2. The molecule has 0 aliphatic carbocycles. The third-order valence-corrected chi connectivity index (χ3v) is 3.60. The molecule has 0 unspecified atom stereocenters. The Labute approximate surface area is 126 Å². The third-order valence-electron chi connectivity index (χ3n) is 3.37. The average Bonchev–Trinajstić information content (AvgIpc) is 2.38. The summed E-state index contributed by atoms with van der Waals surface area (Å²) in [4.78, 5) is 4.79. The number of aromatic nitrogens is 1. The molecule has 1 aromatic heterocycles. The van der Waals surface area contributed by atoms with Crippen LogP contribution >= 0.6 is 11.6 Å². The molecule has 0 radical (unpaired) electrons. The van der Waals surface area contributed by atoms with E-state index in [1.807, 2.05) is 18.2 Å². The fourth-order valence-corrected chi connectivity index (χ4v) is 2.37. The highest BCUT2D eigenvalue weighted by Gasteiger charge is 2.17. The Bertz CT molecular complexity index is 600. The molecule has 2 aromatic rings. The Morgan fingerprint density at radius 1 is 1.20 bits per heavy atom. The second-order valence-corrected chi connectivity index (χ2v) is 6.69. The minimum atomic E-state index is 0.0489. The molecule has 0 fully saturated rings. The summed E-state index contributed by atoms with van der Waals surface area (Å²) in [6.45, 7) is 10.6. The normalized spacial score (nSPS) is 12.1. The van der Waals surface area contributed by atoms with Crippen LogP contribution in [0.25, 0.3) is 10.9 Å². The summed E-state index contributed by atoms with van der Waals surface area (Å²) in [7, 11) is 0. The zero-order valence-corrected chi connectivity index (χ0v) is 13.5. The molecule has 0 saturated heterocycles. The fraction of sp³-hybridized carbons (Fsp3) is 0.471. The molecule has 0 bridgehead atoms. The summed E-state index contributed by atoms with van der Waals surface area (Å²) in [5.41, 5.74) is 3.47. The third kappa shape index (κ3) is 3.50. The first-order valence-corrected chi connectivity index (χ1v) is 7.60. The molecule has 0 aliphatic rings. The summed E-state index contributed by atoms with van der Waals surface area (Å²) in [6.07, 6.45) is 1.13. The van der Waals surface area contributed by atoms with E-state index >= 15 is 0 Å². The monoisotopic (exact) mass is 290 g/mol. The molecule has 1 aromatic carbocycles. The topological polar surface area (TPSA) is 24.9 Å². The number of halogens is 1. The Kier molecular flexibility index (Phi) is 4.66. The number of pyridine rings is 1. The van der Waals surface area contributed by atoms with E-state index in [1.54, 1.807) is 0 Å². The van der Waals surface area contributed by atoms with Gasteiger partial charge in [-0.05, 0) is 42.8 Å². The van der Waals surface area contributed by atoms with E-state index in [0.29, 0.717) is 0 Å². The van der Waals surface area contributed by atoms with Gasteiger partial charge < -0.3 is 5.32 Å². The summed E-state index contributed by atoms with van der Waals surface area (Å²) >= 11 is 6.13. The number of rotatable bonds is 4. The van der Waals surface area contributed by atoms with Gasteiger partial charge in [-0.1, -0.05) is 39.3 Å². The van der Waals surface area contributed by atoms with Crippen molar-refractivity contribution in [2.24, 2.45) is 0 Å². The standard InChI is InChI=1S/C17H23ClN2/c1-5-8-19-11-12-9-16(17(2,3)4)20-15-7-6-13(18)10-14(12)15/h6-7,9-10,19H,5,8,11H2,1-4H3. The number of benzene rings is 1. The summed E-state index contributed by atoms with van der Waals surface area (Å²) in [5.74, 6) is 0. The predicted octanol–water partition coefficient (Wildman–Crippen LogP) is 4.69. The van der Waals surface area contributed by atoms with Gasteiger partial charge in [-0.15, -0.1) is 0 Å². The van der Waals surface area contributed by atoms with Crippen LogP contribution in [0.4, 0.5) is 0 Å². The number of hydrogen-bond donors (Lipinski definition) is 1. The van der Waals surface area contributed by atoms with E-state index < -0.39 is 0 Å². The van der Waals surface area contributed by atoms with E-state index in [9.17, 15) is 0 Å². The van der Waals surface area contributed by atoms with Gasteiger partial charge in [0.2, 0.25) is 0 Å². The number of nitrogens with zero attached hydrogens (tertiary/aromatic N) is 1. The largest absolute Gasteiger partial charge is 0.313 e. The van der Waals surface area contributed by atoms with Crippen molar-refractivity contribution in [2.45, 2.75) is 46.1 Å². The highest BCUT2D eigenvalue weighted by atomic mass is 35.5. The van der Waals surface area contributed by atoms with Crippen LogP contribution in [0.2, 0.25) is 5.02 Å². The highest BCUT2D eigenvalue weighted by molar-refractivity contribution is 6.31. The number of fused-ring (bicyclic) bond motifs is 1. The lowest BCUT2D eigenvalue weighted by Crippen LogP contribution is -2.17. The van der Waals surface area contributed by atoms with Crippen LogP contribution in [-0.2, 0) is 12.0 Å². The van der Waals surface area contributed by atoms with Crippen LogP contribution in [0, 0.1) is 0 Å². The van der Waals surface area contributed by atoms with Gasteiger partial charge in [-0.25, -0.2) is 0 Å². The predicted molar refractivity (Wildman–Crippen MR) is 87.5 cm³/mol. The molecule has 2 rings (SSSR count). The molecule has 2 nitrogen and oxygen atoms in total. The molecular weight excluding hydrogens is 268 g/mol. The Morgan fingerprint density at radius 2 is 1.95 bits per heavy atom. The van der Waals surface area contributed by atoms with Gasteiger partial charge in [0.1, 0.15) is 0 Å². The molecule has 108 valence electrons. The quantitative estimate of drug-likeness (QED) is 0.827. The van der Waals surface area contributed by atoms with Crippen molar-refractivity contribution in [3.05, 3.63) is 40.5 Å². The second-order valence-electron chi connectivity index (χ2n) is 6.25. The van der Waals surface area contributed by atoms with Crippen LogP contribution in [0.5, 0.6) is 0 Å². The van der Waals surface area contributed by atoms with Crippen LogP contribution < -0.4 is 5.32 Å². The van der Waals surface area contributed by atoms with Crippen LogP contribution in [-0.4, -0.2) is 11.5 Å². The summed E-state index contributed by atoms with van der Waals surface area (Å²) < 4.78 is 0. The molecule has 0 amide bonds.